The molecule has 0 radical (unpaired) electrons. The van der Waals surface area contributed by atoms with Crippen LogP contribution in [0.15, 0.2) is 35.7 Å². The molecule has 1 unspecified atom stereocenters. The van der Waals surface area contributed by atoms with Crippen LogP contribution in [-0.2, 0) is 28.7 Å². The largest absolute Gasteiger partial charge is 0.509 e. The van der Waals surface area contributed by atoms with Gasteiger partial charge in [-0.2, -0.15) is 0 Å². The number of rotatable bonds is 8. The van der Waals surface area contributed by atoms with Crippen LogP contribution >= 0.6 is 11.8 Å². The number of aliphatic hydroxyl groups excluding tert-OH is 1. The normalized spacial score (nSPS) is 19.8. The van der Waals surface area contributed by atoms with Crippen LogP contribution in [0.4, 0.5) is 0 Å². The lowest BCUT2D eigenvalue weighted by Gasteiger charge is -2.48. The number of benzene rings is 1. The first kappa shape index (κ1) is 23.5. The second-order valence-corrected chi connectivity index (χ2v) is 8.55. The van der Waals surface area contributed by atoms with Crippen molar-refractivity contribution in [1.29, 1.82) is 0 Å². The van der Waals surface area contributed by atoms with Crippen molar-refractivity contribution in [3.63, 3.8) is 0 Å². The maximum Gasteiger partial charge on any atom is 0.361 e. The van der Waals surface area contributed by atoms with E-state index in [2.05, 4.69) is 23.9 Å². The van der Waals surface area contributed by atoms with E-state index in [1.54, 1.807) is 12.1 Å². The zero-order valence-corrected chi connectivity index (χ0v) is 18.6. The Labute approximate surface area is 188 Å². The SMILES string of the molecule is CC(=O)OCOC(=O)C1=C(O)CS[C@@H]2C(NC(=O)COc3ccc(C(C)C)cc3)C(=O)N12. The summed E-state index contributed by atoms with van der Waals surface area (Å²) in [6.45, 7) is 4.38. The third-order valence-corrected chi connectivity index (χ3v) is 6.09. The number of thioether (sulfide) groups is 1. The minimum Gasteiger partial charge on any atom is -0.509 e. The summed E-state index contributed by atoms with van der Waals surface area (Å²) in [6.07, 6.45) is 0. The third kappa shape index (κ3) is 5.16. The standard InChI is InChI=1S/C21H24N2O8S/c1-11(2)13-4-6-14(7-5-13)29-8-16(26)22-17-19(27)23-18(15(25)9-32-20(17)23)21(28)31-10-30-12(3)24/h4-7,11,17,20,25H,8-10H2,1-3H3,(H,22,26)/t17?,20-/m1/s1. The first-order valence-corrected chi connectivity index (χ1v) is 10.9. The smallest absolute Gasteiger partial charge is 0.361 e. The quantitative estimate of drug-likeness (QED) is 0.333. The summed E-state index contributed by atoms with van der Waals surface area (Å²) >= 11 is 1.19. The van der Waals surface area contributed by atoms with Gasteiger partial charge in [0, 0.05) is 6.92 Å². The molecule has 2 aliphatic heterocycles. The van der Waals surface area contributed by atoms with Gasteiger partial charge in [0.25, 0.3) is 11.8 Å². The third-order valence-electron chi connectivity index (χ3n) is 4.83. The molecule has 0 bridgehead atoms. The van der Waals surface area contributed by atoms with E-state index in [9.17, 15) is 24.3 Å². The number of nitrogens with one attached hydrogen (secondary N) is 1. The van der Waals surface area contributed by atoms with Crippen LogP contribution in [0.3, 0.4) is 0 Å². The fraction of sp³-hybridized carbons (Fsp3) is 0.429. The fourth-order valence-corrected chi connectivity index (χ4v) is 4.34. The molecule has 2 amide bonds. The second-order valence-electron chi connectivity index (χ2n) is 7.45. The van der Waals surface area contributed by atoms with Crippen LogP contribution in [0.25, 0.3) is 0 Å². The predicted octanol–water partition coefficient (Wildman–Crippen LogP) is 1.42. The Kier molecular flexibility index (Phi) is 7.29. The van der Waals surface area contributed by atoms with Crippen molar-refractivity contribution in [2.24, 2.45) is 0 Å². The van der Waals surface area contributed by atoms with E-state index in [0.29, 0.717) is 11.7 Å². The van der Waals surface area contributed by atoms with Crippen molar-refractivity contribution in [3.8, 4) is 5.75 Å². The Morgan fingerprint density at radius 2 is 1.91 bits per heavy atom. The van der Waals surface area contributed by atoms with E-state index < -0.39 is 42.0 Å². The first-order valence-electron chi connectivity index (χ1n) is 9.88. The van der Waals surface area contributed by atoms with Gasteiger partial charge in [-0.3, -0.25) is 19.3 Å². The number of hydrogen-bond acceptors (Lipinski definition) is 9. The highest BCUT2D eigenvalue weighted by Gasteiger charge is 2.54. The van der Waals surface area contributed by atoms with Crippen LogP contribution in [0, 0.1) is 0 Å². The van der Waals surface area contributed by atoms with Gasteiger partial charge in [0.2, 0.25) is 6.79 Å². The van der Waals surface area contributed by atoms with E-state index in [4.69, 9.17) is 9.47 Å². The summed E-state index contributed by atoms with van der Waals surface area (Å²) < 4.78 is 14.8. The second kappa shape index (κ2) is 9.94. The van der Waals surface area contributed by atoms with Crippen molar-refractivity contribution >= 4 is 35.5 Å². The molecule has 172 valence electrons. The molecule has 1 fully saturated rings. The molecular formula is C21H24N2O8S. The molecule has 0 saturated carbocycles. The molecule has 0 aliphatic carbocycles. The Balaban J connectivity index is 1.54. The van der Waals surface area contributed by atoms with Crippen LogP contribution < -0.4 is 10.1 Å². The topological polar surface area (TPSA) is 131 Å². The lowest BCUT2D eigenvalue weighted by Crippen LogP contribution is -2.71. The molecule has 0 aromatic heterocycles. The Morgan fingerprint density at radius 3 is 2.53 bits per heavy atom. The molecule has 1 aromatic carbocycles. The molecule has 1 aromatic rings. The average molecular weight is 464 g/mol. The molecule has 0 spiro atoms. The molecule has 1 saturated heterocycles. The number of amides is 2. The molecule has 2 heterocycles. The van der Waals surface area contributed by atoms with Crippen LogP contribution in [0.2, 0.25) is 0 Å². The monoisotopic (exact) mass is 464 g/mol. The van der Waals surface area contributed by atoms with Gasteiger partial charge >= 0.3 is 11.9 Å². The van der Waals surface area contributed by atoms with Crippen LogP contribution in [0.5, 0.6) is 5.75 Å². The minimum absolute atomic E-state index is 0.0531. The van der Waals surface area contributed by atoms with Crippen molar-refractivity contribution in [2.75, 3.05) is 19.2 Å². The van der Waals surface area contributed by atoms with E-state index in [0.717, 1.165) is 17.4 Å². The number of fused-ring (bicyclic) bond motifs is 1. The number of ether oxygens (including phenoxy) is 3. The number of esters is 2. The number of β-lactam (4-membered cyclic amide) rings is 1. The summed E-state index contributed by atoms with van der Waals surface area (Å²) in [4.78, 5) is 48.9. The highest BCUT2D eigenvalue weighted by molar-refractivity contribution is 8.00. The van der Waals surface area contributed by atoms with Gasteiger partial charge in [0.05, 0.1) is 5.75 Å². The number of carbonyl (C=O) groups is 4. The minimum atomic E-state index is -1.000. The highest BCUT2D eigenvalue weighted by atomic mass is 32.2. The van der Waals surface area contributed by atoms with E-state index >= 15 is 0 Å². The maximum atomic E-state index is 12.6. The van der Waals surface area contributed by atoms with Crippen LogP contribution in [0.1, 0.15) is 32.3 Å². The number of aliphatic hydroxyl groups is 1. The van der Waals surface area contributed by atoms with Gasteiger partial charge in [-0.25, -0.2) is 4.79 Å². The predicted molar refractivity (Wildman–Crippen MR) is 113 cm³/mol. The van der Waals surface area contributed by atoms with Gasteiger partial charge in [0.15, 0.2) is 12.3 Å². The molecule has 2 N–H and O–H groups in total. The molecule has 11 heteroatoms. The summed E-state index contributed by atoms with van der Waals surface area (Å²) in [5.41, 5.74) is 0.827. The van der Waals surface area contributed by atoms with Crippen molar-refractivity contribution in [3.05, 3.63) is 41.3 Å². The Bertz CT molecular complexity index is 944. The van der Waals surface area contributed by atoms with Crippen molar-refractivity contribution < 1.29 is 38.5 Å². The summed E-state index contributed by atoms with van der Waals surface area (Å²) in [5.74, 6) is -2.07. The number of nitrogens with zero attached hydrogens (tertiary/aromatic N) is 1. The molecular weight excluding hydrogens is 440 g/mol. The maximum absolute atomic E-state index is 12.6. The highest BCUT2D eigenvalue weighted by Crippen LogP contribution is 2.39. The number of hydrogen-bond donors (Lipinski definition) is 2. The fourth-order valence-electron chi connectivity index (χ4n) is 3.14. The van der Waals surface area contributed by atoms with Gasteiger partial charge < -0.3 is 24.6 Å². The Morgan fingerprint density at radius 1 is 1.22 bits per heavy atom. The van der Waals surface area contributed by atoms with Crippen LogP contribution in [-0.4, -0.2) is 64.3 Å². The van der Waals surface area contributed by atoms with E-state index in [1.165, 1.54) is 11.8 Å². The zero-order valence-electron chi connectivity index (χ0n) is 17.8. The summed E-state index contributed by atoms with van der Waals surface area (Å²) in [6, 6.07) is 6.52. The first-order chi connectivity index (χ1) is 15.2. The van der Waals surface area contributed by atoms with Gasteiger partial charge in [0.1, 0.15) is 22.9 Å². The van der Waals surface area contributed by atoms with Gasteiger partial charge in [-0.15, -0.1) is 11.8 Å². The Hall–Kier alpha value is -3.21. The van der Waals surface area contributed by atoms with E-state index in [-0.39, 0.29) is 23.8 Å². The molecule has 3 rings (SSSR count). The molecule has 32 heavy (non-hydrogen) atoms. The lowest BCUT2D eigenvalue weighted by molar-refractivity contribution is -0.167. The molecule has 2 aliphatic rings. The summed E-state index contributed by atoms with van der Waals surface area (Å²) in [7, 11) is 0. The molecule has 2 atom stereocenters. The lowest BCUT2D eigenvalue weighted by atomic mass is 10.0. The zero-order chi connectivity index (χ0) is 23.4. The number of carbonyl (C=O) groups excluding carboxylic acids is 4. The van der Waals surface area contributed by atoms with Gasteiger partial charge in [-0.05, 0) is 23.6 Å². The average Bonchev–Trinajstić information content (AvgIpc) is 2.75. The van der Waals surface area contributed by atoms with E-state index in [1.807, 2.05) is 12.1 Å². The van der Waals surface area contributed by atoms with Crippen molar-refractivity contribution in [2.45, 2.75) is 38.1 Å². The van der Waals surface area contributed by atoms with Gasteiger partial charge in [-0.1, -0.05) is 26.0 Å². The molecule has 10 nitrogen and oxygen atoms in total. The van der Waals surface area contributed by atoms with Crippen molar-refractivity contribution in [1.82, 2.24) is 10.2 Å². The summed E-state index contributed by atoms with van der Waals surface area (Å²) in [5, 5.41) is 12.1.